The van der Waals surface area contributed by atoms with Crippen LogP contribution in [-0.2, 0) is 7.05 Å². The number of hydrogen-bond donors (Lipinski definition) is 2. The fourth-order valence-corrected chi connectivity index (χ4v) is 3.52. The van der Waals surface area contributed by atoms with Gasteiger partial charge >= 0.3 is 0 Å². The van der Waals surface area contributed by atoms with Gasteiger partial charge in [-0.25, -0.2) is 0 Å². The molecule has 4 heterocycles. The number of benzene rings is 1. The van der Waals surface area contributed by atoms with E-state index in [1.54, 1.807) is 6.07 Å². The standard InChI is InChI=1S/C15H18N4O/c1-18-14(10-2-3-12(20)11(16)8-10)15-13(17-18)9-4-6-19(15)7-5-9/h2-3,8-9,20H,4-7,16H2,1H3. The van der Waals surface area contributed by atoms with E-state index in [4.69, 9.17) is 10.8 Å². The fourth-order valence-electron chi connectivity index (χ4n) is 3.52. The van der Waals surface area contributed by atoms with Crippen LogP contribution < -0.4 is 10.6 Å². The summed E-state index contributed by atoms with van der Waals surface area (Å²) >= 11 is 0. The highest BCUT2D eigenvalue weighted by molar-refractivity contribution is 5.81. The number of nitrogens with zero attached hydrogens (tertiary/aromatic N) is 3. The Morgan fingerprint density at radius 3 is 2.75 bits per heavy atom. The molecule has 0 spiro atoms. The van der Waals surface area contributed by atoms with E-state index in [1.165, 1.54) is 24.2 Å². The summed E-state index contributed by atoms with van der Waals surface area (Å²) < 4.78 is 1.95. The van der Waals surface area contributed by atoms with E-state index in [2.05, 4.69) is 4.90 Å². The van der Waals surface area contributed by atoms with Crippen molar-refractivity contribution in [1.82, 2.24) is 9.78 Å². The van der Waals surface area contributed by atoms with Gasteiger partial charge in [0.15, 0.2) is 0 Å². The number of rotatable bonds is 1. The first kappa shape index (κ1) is 11.6. The maximum absolute atomic E-state index is 9.60. The summed E-state index contributed by atoms with van der Waals surface area (Å²) in [5, 5.41) is 14.3. The summed E-state index contributed by atoms with van der Waals surface area (Å²) in [5.41, 5.74) is 10.9. The van der Waals surface area contributed by atoms with E-state index in [1.807, 2.05) is 23.9 Å². The van der Waals surface area contributed by atoms with Crippen LogP contribution in [0.2, 0.25) is 0 Å². The van der Waals surface area contributed by atoms with Gasteiger partial charge in [-0.15, -0.1) is 0 Å². The quantitative estimate of drug-likeness (QED) is 0.615. The Hall–Kier alpha value is -2.17. The molecule has 0 amide bonds. The molecule has 5 rings (SSSR count). The van der Waals surface area contributed by atoms with Crippen molar-refractivity contribution >= 4 is 11.4 Å². The number of phenols is 1. The first-order valence-corrected chi connectivity index (χ1v) is 7.06. The smallest absolute Gasteiger partial charge is 0.138 e. The molecule has 2 aromatic rings. The molecule has 0 unspecified atom stereocenters. The van der Waals surface area contributed by atoms with Gasteiger partial charge in [-0.2, -0.15) is 5.10 Å². The predicted octanol–water partition coefficient (Wildman–Crippen LogP) is 2.07. The van der Waals surface area contributed by atoms with Crippen molar-refractivity contribution in [2.24, 2.45) is 7.05 Å². The lowest BCUT2D eigenvalue weighted by Gasteiger charge is -2.39. The molecule has 5 nitrogen and oxygen atoms in total. The van der Waals surface area contributed by atoms with E-state index in [-0.39, 0.29) is 5.75 Å². The average Bonchev–Trinajstić information content (AvgIpc) is 2.82. The van der Waals surface area contributed by atoms with Gasteiger partial charge < -0.3 is 15.7 Å². The van der Waals surface area contributed by atoms with Crippen LogP contribution in [0.25, 0.3) is 11.3 Å². The summed E-state index contributed by atoms with van der Waals surface area (Å²) in [6, 6.07) is 5.39. The Labute approximate surface area is 117 Å². The largest absolute Gasteiger partial charge is 0.506 e. The van der Waals surface area contributed by atoms with E-state index >= 15 is 0 Å². The molecule has 0 radical (unpaired) electrons. The highest BCUT2D eigenvalue weighted by Crippen LogP contribution is 2.46. The predicted molar refractivity (Wildman–Crippen MR) is 78.9 cm³/mol. The van der Waals surface area contributed by atoms with Crippen molar-refractivity contribution in [2.75, 3.05) is 23.7 Å². The molecule has 2 bridgehead atoms. The number of phenolic OH excluding ortho intramolecular Hbond substituents is 1. The third-order valence-electron chi connectivity index (χ3n) is 4.55. The molecular formula is C15H18N4O. The molecule has 20 heavy (non-hydrogen) atoms. The van der Waals surface area contributed by atoms with Crippen molar-refractivity contribution in [1.29, 1.82) is 0 Å². The molecule has 0 atom stereocenters. The zero-order valence-electron chi connectivity index (χ0n) is 11.5. The van der Waals surface area contributed by atoms with Crippen LogP contribution in [0.3, 0.4) is 0 Å². The minimum Gasteiger partial charge on any atom is -0.506 e. The molecule has 0 saturated carbocycles. The summed E-state index contributed by atoms with van der Waals surface area (Å²) in [7, 11) is 1.98. The lowest BCUT2D eigenvalue weighted by molar-refractivity contribution is 0.464. The van der Waals surface area contributed by atoms with Crippen LogP contribution in [-0.4, -0.2) is 28.0 Å². The maximum Gasteiger partial charge on any atom is 0.138 e. The Balaban J connectivity index is 1.93. The SMILES string of the molecule is Cn1nc2c(c1-c1ccc(O)c(N)c1)N1CCC2CC1. The first-order chi connectivity index (χ1) is 9.65. The zero-order chi connectivity index (χ0) is 13.9. The lowest BCUT2D eigenvalue weighted by atomic mass is 9.86. The van der Waals surface area contributed by atoms with Gasteiger partial charge in [-0.1, -0.05) is 0 Å². The molecular weight excluding hydrogens is 252 g/mol. The summed E-state index contributed by atoms with van der Waals surface area (Å²) in [6.45, 7) is 2.23. The lowest BCUT2D eigenvalue weighted by Crippen LogP contribution is -2.38. The Kier molecular flexibility index (Phi) is 2.28. The second kappa shape index (κ2) is 3.91. The molecule has 5 heteroatoms. The number of aromatic hydroxyl groups is 1. The van der Waals surface area contributed by atoms with E-state index in [0.717, 1.165) is 24.3 Å². The molecule has 1 saturated heterocycles. The molecule has 3 aliphatic heterocycles. The third-order valence-corrected chi connectivity index (χ3v) is 4.55. The minimum absolute atomic E-state index is 0.131. The van der Waals surface area contributed by atoms with Gasteiger partial charge in [0.25, 0.3) is 0 Å². The van der Waals surface area contributed by atoms with E-state index in [0.29, 0.717) is 11.6 Å². The number of fused-ring (bicyclic) bond motifs is 2. The van der Waals surface area contributed by atoms with Crippen LogP contribution in [0.15, 0.2) is 18.2 Å². The average molecular weight is 270 g/mol. The van der Waals surface area contributed by atoms with Gasteiger partial charge in [-0.3, -0.25) is 4.68 Å². The molecule has 3 aliphatic rings. The van der Waals surface area contributed by atoms with Crippen molar-refractivity contribution in [3.05, 3.63) is 23.9 Å². The van der Waals surface area contributed by atoms with Crippen LogP contribution in [0.1, 0.15) is 24.5 Å². The van der Waals surface area contributed by atoms with Gasteiger partial charge in [0.2, 0.25) is 0 Å². The second-order valence-corrected chi connectivity index (χ2v) is 5.74. The van der Waals surface area contributed by atoms with E-state index in [9.17, 15) is 5.11 Å². The van der Waals surface area contributed by atoms with Crippen LogP contribution in [0.5, 0.6) is 5.75 Å². The van der Waals surface area contributed by atoms with E-state index < -0.39 is 0 Å². The van der Waals surface area contributed by atoms with Gasteiger partial charge in [0.05, 0.1) is 22.8 Å². The highest BCUT2D eigenvalue weighted by atomic mass is 16.3. The first-order valence-electron chi connectivity index (χ1n) is 7.06. The maximum atomic E-state index is 9.60. The van der Waals surface area contributed by atoms with Gasteiger partial charge in [0.1, 0.15) is 5.75 Å². The van der Waals surface area contributed by atoms with Crippen LogP contribution >= 0.6 is 0 Å². The highest BCUT2D eigenvalue weighted by Gasteiger charge is 2.36. The number of aryl methyl sites for hydroxylation is 1. The molecule has 1 aromatic carbocycles. The van der Waals surface area contributed by atoms with Crippen molar-refractivity contribution in [3.63, 3.8) is 0 Å². The van der Waals surface area contributed by atoms with Crippen LogP contribution in [0.4, 0.5) is 11.4 Å². The second-order valence-electron chi connectivity index (χ2n) is 5.74. The minimum atomic E-state index is 0.131. The number of nitrogen functional groups attached to an aromatic ring is 1. The molecule has 1 aromatic heterocycles. The monoisotopic (exact) mass is 270 g/mol. The summed E-state index contributed by atoms with van der Waals surface area (Å²) in [5.74, 6) is 0.732. The Bertz CT molecular complexity index is 683. The number of hydrogen-bond acceptors (Lipinski definition) is 4. The van der Waals surface area contributed by atoms with Gasteiger partial charge in [-0.05, 0) is 31.0 Å². The number of piperidine rings is 1. The molecule has 104 valence electrons. The Morgan fingerprint density at radius 2 is 2.05 bits per heavy atom. The number of aromatic nitrogens is 2. The third kappa shape index (κ3) is 1.46. The van der Waals surface area contributed by atoms with Crippen molar-refractivity contribution < 1.29 is 5.11 Å². The summed E-state index contributed by atoms with van der Waals surface area (Å²) in [4.78, 5) is 2.43. The Morgan fingerprint density at radius 1 is 1.30 bits per heavy atom. The van der Waals surface area contributed by atoms with Crippen molar-refractivity contribution in [3.8, 4) is 17.0 Å². The van der Waals surface area contributed by atoms with Gasteiger partial charge in [0, 0.05) is 31.6 Å². The van der Waals surface area contributed by atoms with Crippen molar-refractivity contribution in [2.45, 2.75) is 18.8 Å². The zero-order valence-corrected chi connectivity index (χ0v) is 11.5. The normalized spacial score (nSPS) is 17.6. The molecule has 1 fully saturated rings. The summed E-state index contributed by atoms with van der Waals surface area (Å²) in [6.07, 6.45) is 2.42. The topological polar surface area (TPSA) is 67.3 Å². The molecule has 0 aliphatic carbocycles. The fraction of sp³-hybridized carbons (Fsp3) is 0.400. The number of nitrogens with two attached hydrogens (primary N) is 1. The number of anilines is 2. The molecule has 3 N–H and O–H groups in total. The van der Waals surface area contributed by atoms with Crippen LogP contribution in [0, 0.1) is 0 Å².